The number of hydrogen-bond acceptors (Lipinski definition) is 7. The molecule has 0 fully saturated rings. The van der Waals surface area contributed by atoms with Crippen LogP contribution in [0, 0.1) is 5.92 Å². The second-order valence-corrected chi connectivity index (χ2v) is 9.88. The molecule has 0 spiro atoms. The molecule has 4 rings (SSSR count). The van der Waals surface area contributed by atoms with E-state index in [-0.39, 0.29) is 23.6 Å². The SMILES string of the molecule is CC(C)C[C@H](NC(=O)CN(C)C)c1nnc2n1CCN(C(=O)c1coc3c1C(=O)CCC3)CC2. The quantitative estimate of drug-likeness (QED) is 0.657. The summed E-state index contributed by atoms with van der Waals surface area (Å²) in [5, 5.41) is 11.9. The molecular formula is C24H34N6O4. The zero-order chi connectivity index (χ0) is 24.4. The number of aromatic nitrogens is 3. The summed E-state index contributed by atoms with van der Waals surface area (Å²) in [6, 6.07) is -0.255. The maximum atomic E-state index is 13.3. The minimum Gasteiger partial charge on any atom is -0.468 e. The maximum Gasteiger partial charge on any atom is 0.257 e. The van der Waals surface area contributed by atoms with Crippen molar-refractivity contribution in [2.24, 2.45) is 5.92 Å². The second-order valence-electron chi connectivity index (χ2n) is 9.88. The first-order valence-electron chi connectivity index (χ1n) is 12.0. The van der Waals surface area contributed by atoms with Crippen molar-refractivity contribution in [2.75, 3.05) is 33.7 Å². The largest absolute Gasteiger partial charge is 0.468 e. The van der Waals surface area contributed by atoms with Crippen molar-refractivity contribution < 1.29 is 18.8 Å². The molecule has 10 heteroatoms. The van der Waals surface area contributed by atoms with E-state index in [0.717, 1.165) is 24.5 Å². The molecule has 0 aromatic carbocycles. The average Bonchev–Trinajstić information content (AvgIpc) is 3.31. The average molecular weight is 471 g/mol. The summed E-state index contributed by atoms with van der Waals surface area (Å²) in [5.41, 5.74) is 0.826. The van der Waals surface area contributed by atoms with Crippen LogP contribution in [-0.2, 0) is 24.2 Å². The Balaban J connectivity index is 1.51. The van der Waals surface area contributed by atoms with Crippen LogP contribution in [0.3, 0.4) is 0 Å². The highest BCUT2D eigenvalue weighted by Gasteiger charge is 2.32. The van der Waals surface area contributed by atoms with Crippen LogP contribution in [0.4, 0.5) is 0 Å². The molecule has 34 heavy (non-hydrogen) atoms. The van der Waals surface area contributed by atoms with E-state index in [1.807, 2.05) is 23.6 Å². The Bertz CT molecular complexity index is 1070. The smallest absolute Gasteiger partial charge is 0.257 e. The molecule has 1 atom stereocenters. The van der Waals surface area contributed by atoms with Gasteiger partial charge in [0.1, 0.15) is 17.8 Å². The van der Waals surface area contributed by atoms with Crippen LogP contribution in [0.15, 0.2) is 10.7 Å². The third-order valence-corrected chi connectivity index (χ3v) is 6.34. The number of hydrogen-bond donors (Lipinski definition) is 1. The number of amides is 2. The number of aryl methyl sites for hydroxylation is 1. The molecule has 184 valence electrons. The summed E-state index contributed by atoms with van der Waals surface area (Å²) in [4.78, 5) is 41.8. The van der Waals surface area contributed by atoms with E-state index >= 15 is 0 Å². The molecule has 0 bridgehead atoms. The van der Waals surface area contributed by atoms with E-state index in [0.29, 0.717) is 68.2 Å². The number of carbonyl (C=O) groups is 3. The van der Waals surface area contributed by atoms with Gasteiger partial charge in [0.05, 0.1) is 23.7 Å². The number of fused-ring (bicyclic) bond motifs is 2. The van der Waals surface area contributed by atoms with E-state index in [9.17, 15) is 14.4 Å². The first-order chi connectivity index (χ1) is 16.2. The van der Waals surface area contributed by atoms with E-state index in [1.165, 1.54) is 6.26 Å². The van der Waals surface area contributed by atoms with Gasteiger partial charge in [-0.05, 0) is 32.9 Å². The Morgan fingerprint density at radius 2 is 1.94 bits per heavy atom. The van der Waals surface area contributed by atoms with Crippen LogP contribution < -0.4 is 5.32 Å². The molecule has 2 aromatic rings. The third-order valence-electron chi connectivity index (χ3n) is 6.34. The fraction of sp³-hybridized carbons (Fsp3) is 0.625. The van der Waals surface area contributed by atoms with Crippen molar-refractivity contribution in [3.05, 3.63) is 34.8 Å². The predicted octanol–water partition coefficient (Wildman–Crippen LogP) is 1.85. The lowest BCUT2D eigenvalue weighted by Crippen LogP contribution is -2.38. The van der Waals surface area contributed by atoms with E-state index in [4.69, 9.17) is 4.42 Å². The van der Waals surface area contributed by atoms with Gasteiger partial charge in [0, 0.05) is 38.9 Å². The number of likely N-dealkylation sites (N-methyl/N-ethyl adjacent to an activating group) is 1. The Hall–Kier alpha value is -3.01. The lowest BCUT2D eigenvalue weighted by molar-refractivity contribution is -0.122. The zero-order valence-corrected chi connectivity index (χ0v) is 20.5. The van der Waals surface area contributed by atoms with Crippen LogP contribution in [0.5, 0.6) is 0 Å². The number of furan rings is 1. The number of Topliss-reactive ketones (excluding diaryl/α,β-unsaturated/α-hetero) is 1. The van der Waals surface area contributed by atoms with Crippen LogP contribution in [0.2, 0.25) is 0 Å². The standard InChI is InChI=1S/C24H34N6O4/c1-15(2)12-17(25-21(32)13-28(3)4)23-27-26-20-8-9-29(10-11-30(20)23)24(33)16-14-34-19-7-5-6-18(31)22(16)19/h14-15,17H,5-13H2,1-4H3,(H,25,32)/t17-/m0/s1. The topological polar surface area (TPSA) is 114 Å². The Morgan fingerprint density at radius 3 is 2.68 bits per heavy atom. The fourth-order valence-corrected chi connectivity index (χ4v) is 4.78. The van der Waals surface area contributed by atoms with Crippen molar-refractivity contribution in [1.29, 1.82) is 0 Å². The molecule has 2 amide bonds. The normalized spacial score (nSPS) is 16.9. The van der Waals surface area contributed by atoms with Gasteiger partial charge in [-0.25, -0.2) is 0 Å². The predicted molar refractivity (Wildman–Crippen MR) is 124 cm³/mol. The number of nitrogens with zero attached hydrogens (tertiary/aromatic N) is 5. The molecule has 0 saturated carbocycles. The van der Waals surface area contributed by atoms with Gasteiger partial charge < -0.3 is 24.1 Å². The molecule has 1 aliphatic heterocycles. The highest BCUT2D eigenvalue weighted by Crippen LogP contribution is 2.28. The van der Waals surface area contributed by atoms with Crippen molar-refractivity contribution in [2.45, 2.75) is 58.5 Å². The highest BCUT2D eigenvalue weighted by atomic mass is 16.3. The molecule has 2 aromatic heterocycles. The van der Waals surface area contributed by atoms with Crippen LogP contribution in [0.1, 0.15) is 77.3 Å². The minimum absolute atomic E-state index is 0.0161. The van der Waals surface area contributed by atoms with Crippen LogP contribution in [0.25, 0.3) is 0 Å². The molecule has 0 saturated heterocycles. The molecule has 10 nitrogen and oxygen atoms in total. The number of carbonyl (C=O) groups excluding carboxylic acids is 3. The first kappa shape index (κ1) is 24.1. The molecule has 0 unspecified atom stereocenters. The fourth-order valence-electron chi connectivity index (χ4n) is 4.78. The van der Waals surface area contributed by atoms with Gasteiger partial charge in [0.25, 0.3) is 5.91 Å². The summed E-state index contributed by atoms with van der Waals surface area (Å²) in [5.74, 6) is 2.24. The van der Waals surface area contributed by atoms with Crippen LogP contribution >= 0.6 is 0 Å². The first-order valence-corrected chi connectivity index (χ1v) is 12.0. The van der Waals surface area contributed by atoms with Crippen LogP contribution in [-0.4, -0.2) is 75.9 Å². The van der Waals surface area contributed by atoms with Gasteiger partial charge in [-0.15, -0.1) is 10.2 Å². The monoisotopic (exact) mass is 470 g/mol. The van der Waals surface area contributed by atoms with E-state index in [2.05, 4.69) is 29.4 Å². The lowest BCUT2D eigenvalue weighted by Gasteiger charge is -2.23. The summed E-state index contributed by atoms with van der Waals surface area (Å²) >= 11 is 0. The molecule has 0 radical (unpaired) electrons. The van der Waals surface area contributed by atoms with Gasteiger partial charge in [-0.1, -0.05) is 13.8 Å². The van der Waals surface area contributed by atoms with Crippen molar-refractivity contribution in [1.82, 2.24) is 29.9 Å². The Morgan fingerprint density at radius 1 is 1.15 bits per heavy atom. The summed E-state index contributed by atoms with van der Waals surface area (Å²) in [6.45, 7) is 5.98. The van der Waals surface area contributed by atoms with Crippen molar-refractivity contribution >= 4 is 17.6 Å². The lowest BCUT2D eigenvalue weighted by atomic mass is 9.94. The molecule has 2 aliphatic rings. The summed E-state index contributed by atoms with van der Waals surface area (Å²) in [6.07, 6.45) is 4.63. The van der Waals surface area contributed by atoms with Gasteiger partial charge in [0.15, 0.2) is 11.6 Å². The maximum absolute atomic E-state index is 13.3. The number of nitrogens with one attached hydrogen (secondary N) is 1. The molecular weight excluding hydrogens is 436 g/mol. The number of ketones is 1. The van der Waals surface area contributed by atoms with Crippen molar-refractivity contribution in [3.63, 3.8) is 0 Å². The van der Waals surface area contributed by atoms with Gasteiger partial charge in [-0.3, -0.25) is 14.4 Å². The van der Waals surface area contributed by atoms with Gasteiger partial charge >= 0.3 is 0 Å². The molecule has 3 heterocycles. The molecule has 1 aliphatic carbocycles. The summed E-state index contributed by atoms with van der Waals surface area (Å²) < 4.78 is 7.59. The Kier molecular flexibility index (Phi) is 7.16. The van der Waals surface area contributed by atoms with E-state index in [1.54, 1.807) is 4.90 Å². The van der Waals surface area contributed by atoms with Gasteiger partial charge in [0.2, 0.25) is 5.91 Å². The van der Waals surface area contributed by atoms with Gasteiger partial charge in [-0.2, -0.15) is 0 Å². The zero-order valence-electron chi connectivity index (χ0n) is 20.5. The van der Waals surface area contributed by atoms with E-state index < -0.39 is 0 Å². The third kappa shape index (κ3) is 5.06. The van der Waals surface area contributed by atoms with Crippen molar-refractivity contribution in [3.8, 4) is 0 Å². The number of rotatable bonds is 7. The minimum atomic E-state index is -0.255. The highest BCUT2D eigenvalue weighted by molar-refractivity contribution is 6.09. The molecule has 1 N–H and O–H groups in total. The Labute approximate surface area is 199 Å². The second kappa shape index (κ2) is 10.1. The summed E-state index contributed by atoms with van der Waals surface area (Å²) in [7, 11) is 3.72.